The summed E-state index contributed by atoms with van der Waals surface area (Å²) in [5.41, 5.74) is 4.38. The number of piperidine rings is 1. The van der Waals surface area contributed by atoms with Gasteiger partial charge in [0.1, 0.15) is 5.75 Å². The number of rotatable bonds is 7. The number of aliphatic carboxylic acids is 1. The Labute approximate surface area is 252 Å². The first-order valence-corrected chi connectivity index (χ1v) is 13.9. The van der Waals surface area contributed by atoms with Gasteiger partial charge in [0.25, 0.3) is 11.8 Å². The molecule has 1 spiro atoms. The molecule has 0 bridgehead atoms. The molecule has 2 heterocycles. The highest BCUT2D eigenvalue weighted by molar-refractivity contribution is 5.99. The molecule has 5 rings (SSSR count). The quantitative estimate of drug-likeness (QED) is 0.197. The van der Waals surface area contributed by atoms with Crippen LogP contribution in [-0.2, 0) is 22.6 Å². The lowest BCUT2D eigenvalue weighted by Gasteiger charge is -2.51. The molecule has 1 fully saturated rings. The molecule has 3 N–H and O–H groups in total. The van der Waals surface area contributed by atoms with Gasteiger partial charge in [-0.1, -0.05) is 66.7 Å². The van der Waals surface area contributed by atoms with Crippen molar-refractivity contribution < 1.29 is 42.6 Å². The number of nitrogens with zero attached hydrogens (tertiary/aromatic N) is 2. The smallest absolute Gasteiger partial charge is 0.475 e. The summed E-state index contributed by atoms with van der Waals surface area (Å²) in [4.78, 5) is 38.5. The molecule has 0 aliphatic carbocycles. The monoisotopic (exact) mass is 611 g/mol. The number of alkyl halides is 3. The fourth-order valence-corrected chi connectivity index (χ4v) is 5.12. The van der Waals surface area contributed by atoms with E-state index < -0.39 is 23.8 Å². The third-order valence-corrected chi connectivity index (χ3v) is 7.43. The third-order valence-electron chi connectivity index (χ3n) is 7.43. The van der Waals surface area contributed by atoms with Gasteiger partial charge >= 0.3 is 12.1 Å². The molecule has 9 nitrogen and oxygen atoms in total. The van der Waals surface area contributed by atoms with E-state index in [4.69, 9.17) is 19.8 Å². The maximum Gasteiger partial charge on any atom is 0.490 e. The first-order valence-electron chi connectivity index (χ1n) is 13.9. The van der Waals surface area contributed by atoms with Gasteiger partial charge in [-0.2, -0.15) is 13.2 Å². The van der Waals surface area contributed by atoms with Crippen molar-refractivity contribution in [3.05, 3.63) is 107 Å². The van der Waals surface area contributed by atoms with Crippen molar-refractivity contribution in [2.45, 2.75) is 37.7 Å². The highest BCUT2D eigenvalue weighted by Crippen LogP contribution is 2.41. The minimum absolute atomic E-state index is 0.0790. The van der Waals surface area contributed by atoms with E-state index in [0.717, 1.165) is 44.5 Å². The topological polar surface area (TPSA) is 119 Å². The number of carbonyl (C=O) groups excluding carboxylic acids is 2. The number of ether oxygens (including phenoxy) is 1. The van der Waals surface area contributed by atoms with Crippen molar-refractivity contribution in [3.63, 3.8) is 0 Å². The molecule has 1 saturated heterocycles. The van der Waals surface area contributed by atoms with Gasteiger partial charge in [-0.15, -0.1) is 0 Å². The van der Waals surface area contributed by atoms with Gasteiger partial charge in [0.15, 0.2) is 5.72 Å². The van der Waals surface area contributed by atoms with Gasteiger partial charge in [-0.05, 0) is 41.3 Å². The van der Waals surface area contributed by atoms with Crippen LogP contribution in [-0.4, -0.2) is 69.4 Å². The Morgan fingerprint density at radius 3 is 2.11 bits per heavy atom. The van der Waals surface area contributed by atoms with Crippen LogP contribution in [0.4, 0.5) is 13.2 Å². The zero-order valence-electron chi connectivity index (χ0n) is 23.7. The summed E-state index contributed by atoms with van der Waals surface area (Å²) < 4.78 is 38.4. The molecule has 2 amide bonds. The van der Waals surface area contributed by atoms with Crippen molar-refractivity contribution in [3.8, 4) is 5.75 Å². The summed E-state index contributed by atoms with van der Waals surface area (Å²) >= 11 is 0. The van der Waals surface area contributed by atoms with Crippen molar-refractivity contribution in [2.75, 3.05) is 19.6 Å². The van der Waals surface area contributed by atoms with Crippen LogP contribution in [0.2, 0.25) is 0 Å². The van der Waals surface area contributed by atoms with E-state index >= 15 is 0 Å². The molecule has 2 aliphatic rings. The van der Waals surface area contributed by atoms with Crippen molar-refractivity contribution in [2.24, 2.45) is 0 Å². The summed E-state index contributed by atoms with van der Waals surface area (Å²) in [5.74, 6) is -2.91. The SMILES string of the molecule is O=C(/C=C/c1ccc2c(c1)C(=O)N(Cc1ccccc1)C1(CCN(CCc3ccccc3)CC1)O2)NO.O=C(O)C(F)(F)F. The molecule has 232 valence electrons. The number of carbonyl (C=O) groups is 3. The molecule has 0 radical (unpaired) electrons. The minimum atomic E-state index is -5.08. The largest absolute Gasteiger partial charge is 0.490 e. The molecule has 0 unspecified atom stereocenters. The van der Waals surface area contributed by atoms with Crippen LogP contribution < -0.4 is 10.2 Å². The lowest BCUT2D eigenvalue weighted by atomic mass is 9.93. The van der Waals surface area contributed by atoms with E-state index in [0.29, 0.717) is 23.4 Å². The van der Waals surface area contributed by atoms with E-state index in [1.165, 1.54) is 11.6 Å². The van der Waals surface area contributed by atoms with Crippen LogP contribution in [0.15, 0.2) is 84.9 Å². The van der Waals surface area contributed by atoms with Crippen LogP contribution in [0.25, 0.3) is 6.08 Å². The standard InChI is InChI=1S/C30H31N3O4.C2HF3O2/c34-28(31-36)14-12-24-11-13-27-26(21-24)29(35)33(22-25-9-5-2-6-10-25)30(37-27)16-19-32(20-17-30)18-15-23-7-3-1-4-8-23;3-2(4,5)1(6)7/h1-14,21,36H,15-20,22H2,(H,31,34);(H,6,7)/b14-12+;. The number of carboxylic acids is 1. The summed E-state index contributed by atoms with van der Waals surface area (Å²) in [6, 6.07) is 25.8. The molecule has 0 atom stereocenters. The number of hydroxylamine groups is 1. The van der Waals surface area contributed by atoms with Gasteiger partial charge in [0, 0.05) is 45.1 Å². The molecule has 3 aromatic carbocycles. The molecular formula is C32H32F3N3O6. The number of likely N-dealkylation sites (tertiary alicyclic amines) is 1. The predicted molar refractivity (Wildman–Crippen MR) is 155 cm³/mol. The fraction of sp³-hybridized carbons (Fsp3) is 0.281. The maximum absolute atomic E-state index is 13.9. The highest BCUT2D eigenvalue weighted by Gasteiger charge is 2.48. The van der Waals surface area contributed by atoms with Gasteiger partial charge in [0.2, 0.25) is 0 Å². The number of benzene rings is 3. The number of hydrogen-bond acceptors (Lipinski definition) is 6. The predicted octanol–water partition coefficient (Wildman–Crippen LogP) is 4.91. The fourth-order valence-electron chi connectivity index (χ4n) is 5.12. The third kappa shape index (κ3) is 8.23. The normalized spacial score (nSPS) is 16.1. The summed E-state index contributed by atoms with van der Waals surface area (Å²) in [7, 11) is 0. The second-order valence-electron chi connectivity index (χ2n) is 10.4. The Balaban J connectivity index is 0.000000566. The number of amides is 2. The second-order valence-corrected chi connectivity index (χ2v) is 10.4. The van der Waals surface area contributed by atoms with Gasteiger partial charge < -0.3 is 14.7 Å². The van der Waals surface area contributed by atoms with Gasteiger partial charge in [-0.25, -0.2) is 10.3 Å². The Bertz CT molecular complexity index is 1470. The van der Waals surface area contributed by atoms with E-state index in [2.05, 4.69) is 29.2 Å². The number of fused-ring (bicyclic) bond motifs is 1. The lowest BCUT2D eigenvalue weighted by Crippen LogP contribution is -2.62. The Morgan fingerprint density at radius 1 is 0.955 bits per heavy atom. The maximum atomic E-state index is 13.9. The zero-order valence-corrected chi connectivity index (χ0v) is 23.7. The number of carboxylic acid groups (broad SMARTS) is 1. The number of nitrogens with one attached hydrogen (secondary N) is 1. The Morgan fingerprint density at radius 2 is 1.55 bits per heavy atom. The van der Waals surface area contributed by atoms with Crippen LogP contribution in [0.1, 0.15) is 39.9 Å². The first kappa shape index (κ1) is 32.2. The Hall–Kier alpha value is -4.68. The zero-order chi connectivity index (χ0) is 31.7. The van der Waals surface area contributed by atoms with E-state index in [1.807, 2.05) is 47.4 Å². The molecule has 12 heteroatoms. The van der Waals surface area contributed by atoms with Gasteiger partial charge in [-0.3, -0.25) is 19.7 Å². The average Bonchev–Trinajstić information content (AvgIpc) is 3.02. The molecule has 2 aliphatic heterocycles. The average molecular weight is 612 g/mol. The van der Waals surface area contributed by atoms with Crippen molar-refractivity contribution >= 4 is 23.9 Å². The number of halogens is 3. The summed E-state index contributed by atoms with van der Waals surface area (Å²) in [5, 5.41) is 15.9. The van der Waals surface area contributed by atoms with Gasteiger partial charge in [0.05, 0.1) is 5.56 Å². The van der Waals surface area contributed by atoms with Crippen molar-refractivity contribution in [1.82, 2.24) is 15.3 Å². The molecule has 3 aromatic rings. The molecule has 44 heavy (non-hydrogen) atoms. The van der Waals surface area contributed by atoms with Crippen LogP contribution >= 0.6 is 0 Å². The van der Waals surface area contributed by atoms with Crippen LogP contribution in [0.3, 0.4) is 0 Å². The van der Waals surface area contributed by atoms with Crippen molar-refractivity contribution in [1.29, 1.82) is 0 Å². The molecular weight excluding hydrogens is 579 g/mol. The lowest BCUT2D eigenvalue weighted by molar-refractivity contribution is -0.192. The van der Waals surface area contributed by atoms with E-state index in [9.17, 15) is 22.8 Å². The van der Waals surface area contributed by atoms with Crippen LogP contribution in [0.5, 0.6) is 5.75 Å². The highest BCUT2D eigenvalue weighted by atomic mass is 19.4. The summed E-state index contributed by atoms with van der Waals surface area (Å²) in [6.07, 6.45) is 0.117. The second kappa shape index (κ2) is 14.2. The van der Waals surface area contributed by atoms with Crippen LogP contribution in [0, 0.1) is 0 Å². The molecule has 0 saturated carbocycles. The van der Waals surface area contributed by atoms with E-state index in [1.54, 1.807) is 23.7 Å². The Kier molecular flexibility index (Phi) is 10.4. The summed E-state index contributed by atoms with van der Waals surface area (Å²) in [6.45, 7) is 3.12. The number of hydrogen-bond donors (Lipinski definition) is 3. The van der Waals surface area contributed by atoms with E-state index in [-0.39, 0.29) is 5.91 Å². The molecule has 0 aromatic heterocycles. The minimum Gasteiger partial charge on any atom is -0.475 e. The first-order chi connectivity index (χ1) is 21.0.